The van der Waals surface area contributed by atoms with E-state index in [4.69, 9.17) is 0 Å². The number of halogens is 1. The lowest BCUT2D eigenvalue weighted by molar-refractivity contribution is -0.124. The topological polar surface area (TPSA) is 29.1 Å². The molecule has 2 rings (SSSR count). The van der Waals surface area contributed by atoms with Gasteiger partial charge in [0.15, 0.2) is 0 Å². The molecule has 1 aliphatic rings. The van der Waals surface area contributed by atoms with Crippen LogP contribution in [0.25, 0.3) is 0 Å². The van der Waals surface area contributed by atoms with Crippen molar-refractivity contribution in [2.45, 2.75) is 13.0 Å². The number of benzene rings is 1. The summed E-state index contributed by atoms with van der Waals surface area (Å²) in [4.78, 5) is 11.8. The third-order valence-electron chi connectivity index (χ3n) is 2.66. The van der Waals surface area contributed by atoms with Crippen LogP contribution in [0.3, 0.4) is 0 Å². The van der Waals surface area contributed by atoms with E-state index >= 15 is 0 Å². The smallest absolute Gasteiger partial charge is 0.224 e. The first kappa shape index (κ1) is 12.0. The lowest BCUT2D eigenvalue weighted by Crippen LogP contribution is -2.30. The molecule has 0 spiro atoms. The second kappa shape index (κ2) is 5.73. The summed E-state index contributed by atoms with van der Waals surface area (Å²) in [6.07, 6.45) is 1.02. The molecule has 1 fully saturated rings. The van der Waals surface area contributed by atoms with Gasteiger partial charge in [-0.25, -0.2) is 0 Å². The SMILES string of the molecule is O=C(NCc1cccc(Br)c1)C1CCSC1. The molecule has 1 heterocycles. The monoisotopic (exact) mass is 299 g/mol. The van der Waals surface area contributed by atoms with E-state index < -0.39 is 0 Å². The van der Waals surface area contributed by atoms with Crippen molar-refractivity contribution in [3.63, 3.8) is 0 Å². The Bertz CT molecular complexity index is 377. The summed E-state index contributed by atoms with van der Waals surface area (Å²) >= 11 is 5.29. The third-order valence-corrected chi connectivity index (χ3v) is 4.31. The lowest BCUT2D eigenvalue weighted by Gasteiger charge is -2.09. The number of hydrogen-bond donors (Lipinski definition) is 1. The van der Waals surface area contributed by atoms with Crippen LogP contribution in [-0.2, 0) is 11.3 Å². The molecule has 2 nitrogen and oxygen atoms in total. The maximum Gasteiger partial charge on any atom is 0.224 e. The highest BCUT2D eigenvalue weighted by Crippen LogP contribution is 2.23. The molecule has 16 heavy (non-hydrogen) atoms. The Labute approximate surface area is 108 Å². The van der Waals surface area contributed by atoms with E-state index in [-0.39, 0.29) is 11.8 Å². The van der Waals surface area contributed by atoms with E-state index in [0.717, 1.165) is 28.0 Å². The number of carbonyl (C=O) groups excluding carboxylic acids is 1. The molecular weight excluding hydrogens is 286 g/mol. The molecule has 1 unspecified atom stereocenters. The number of amides is 1. The first-order valence-corrected chi connectivity index (χ1v) is 7.30. The van der Waals surface area contributed by atoms with E-state index in [1.54, 1.807) is 0 Å². The van der Waals surface area contributed by atoms with Crippen molar-refractivity contribution in [3.8, 4) is 0 Å². The van der Waals surface area contributed by atoms with Gasteiger partial charge in [0.1, 0.15) is 0 Å². The number of nitrogens with one attached hydrogen (secondary N) is 1. The van der Waals surface area contributed by atoms with Gasteiger partial charge in [0, 0.05) is 22.7 Å². The minimum Gasteiger partial charge on any atom is -0.352 e. The van der Waals surface area contributed by atoms with Gasteiger partial charge in [0.25, 0.3) is 0 Å². The van der Waals surface area contributed by atoms with Crippen LogP contribution in [0.2, 0.25) is 0 Å². The summed E-state index contributed by atoms with van der Waals surface area (Å²) in [5, 5.41) is 3.00. The van der Waals surface area contributed by atoms with Crippen molar-refractivity contribution >= 4 is 33.6 Å². The van der Waals surface area contributed by atoms with Gasteiger partial charge in [-0.2, -0.15) is 11.8 Å². The zero-order chi connectivity index (χ0) is 11.4. The molecule has 1 aromatic carbocycles. The van der Waals surface area contributed by atoms with Crippen LogP contribution < -0.4 is 5.32 Å². The second-order valence-electron chi connectivity index (χ2n) is 3.91. The summed E-state index contributed by atoms with van der Waals surface area (Å²) < 4.78 is 1.05. The maximum atomic E-state index is 11.8. The van der Waals surface area contributed by atoms with Crippen LogP contribution in [0, 0.1) is 5.92 Å². The highest BCUT2D eigenvalue weighted by atomic mass is 79.9. The lowest BCUT2D eigenvalue weighted by atomic mass is 10.1. The van der Waals surface area contributed by atoms with Crippen molar-refractivity contribution in [3.05, 3.63) is 34.3 Å². The van der Waals surface area contributed by atoms with Crippen molar-refractivity contribution < 1.29 is 4.79 Å². The van der Waals surface area contributed by atoms with Crippen molar-refractivity contribution in [2.24, 2.45) is 5.92 Å². The van der Waals surface area contributed by atoms with Crippen molar-refractivity contribution in [2.75, 3.05) is 11.5 Å². The average molecular weight is 300 g/mol. The molecule has 1 saturated heterocycles. The Morgan fingerprint density at radius 1 is 1.56 bits per heavy atom. The Balaban J connectivity index is 1.84. The van der Waals surface area contributed by atoms with Gasteiger partial charge in [-0.05, 0) is 29.9 Å². The van der Waals surface area contributed by atoms with E-state index in [1.165, 1.54) is 0 Å². The van der Waals surface area contributed by atoms with Crippen molar-refractivity contribution in [1.82, 2.24) is 5.32 Å². The molecule has 4 heteroatoms. The Morgan fingerprint density at radius 3 is 3.12 bits per heavy atom. The van der Waals surface area contributed by atoms with Crippen LogP contribution in [0.1, 0.15) is 12.0 Å². The molecule has 0 radical (unpaired) electrons. The molecule has 1 aromatic rings. The first-order chi connectivity index (χ1) is 7.75. The van der Waals surface area contributed by atoms with Gasteiger partial charge in [-0.15, -0.1) is 0 Å². The van der Waals surface area contributed by atoms with E-state index in [0.29, 0.717) is 6.54 Å². The zero-order valence-electron chi connectivity index (χ0n) is 8.91. The average Bonchev–Trinajstić information content (AvgIpc) is 2.79. The molecule has 1 atom stereocenters. The quantitative estimate of drug-likeness (QED) is 0.930. The summed E-state index contributed by atoms with van der Waals surface area (Å²) in [5.74, 6) is 2.52. The summed E-state index contributed by atoms with van der Waals surface area (Å²) in [7, 11) is 0. The summed E-state index contributed by atoms with van der Waals surface area (Å²) in [6.45, 7) is 0.624. The number of carbonyl (C=O) groups is 1. The van der Waals surface area contributed by atoms with Gasteiger partial charge < -0.3 is 5.32 Å². The predicted molar refractivity (Wildman–Crippen MR) is 71.4 cm³/mol. The highest BCUT2D eigenvalue weighted by Gasteiger charge is 2.22. The maximum absolute atomic E-state index is 11.8. The number of hydrogen-bond acceptors (Lipinski definition) is 2. The second-order valence-corrected chi connectivity index (χ2v) is 5.97. The Morgan fingerprint density at radius 2 is 2.44 bits per heavy atom. The number of rotatable bonds is 3. The van der Waals surface area contributed by atoms with Crippen molar-refractivity contribution in [1.29, 1.82) is 0 Å². The third kappa shape index (κ3) is 3.25. The normalized spacial score (nSPS) is 19.7. The van der Waals surface area contributed by atoms with E-state index in [9.17, 15) is 4.79 Å². The summed E-state index contributed by atoms with van der Waals surface area (Å²) in [5.41, 5.74) is 1.13. The first-order valence-electron chi connectivity index (χ1n) is 5.35. The summed E-state index contributed by atoms with van der Waals surface area (Å²) in [6, 6.07) is 8.02. The molecule has 0 saturated carbocycles. The van der Waals surface area contributed by atoms with Crippen LogP contribution in [0.5, 0.6) is 0 Å². The van der Waals surface area contributed by atoms with Gasteiger partial charge in [-0.1, -0.05) is 28.1 Å². The van der Waals surface area contributed by atoms with Gasteiger partial charge >= 0.3 is 0 Å². The van der Waals surface area contributed by atoms with Crippen LogP contribution in [0.15, 0.2) is 28.7 Å². The Hall–Kier alpha value is -0.480. The van der Waals surface area contributed by atoms with Gasteiger partial charge in [0.2, 0.25) is 5.91 Å². The molecule has 0 bridgehead atoms. The van der Waals surface area contributed by atoms with Gasteiger partial charge in [-0.3, -0.25) is 4.79 Å². The fourth-order valence-electron chi connectivity index (χ4n) is 1.72. The molecular formula is C12H14BrNOS. The fraction of sp³-hybridized carbons (Fsp3) is 0.417. The van der Waals surface area contributed by atoms with E-state index in [1.807, 2.05) is 36.0 Å². The largest absolute Gasteiger partial charge is 0.352 e. The zero-order valence-corrected chi connectivity index (χ0v) is 11.3. The van der Waals surface area contributed by atoms with E-state index in [2.05, 4.69) is 21.2 Å². The molecule has 86 valence electrons. The highest BCUT2D eigenvalue weighted by molar-refractivity contribution is 9.10. The molecule has 1 amide bonds. The Kier molecular flexibility index (Phi) is 4.29. The molecule has 1 N–H and O–H groups in total. The molecule has 0 aliphatic carbocycles. The fourth-order valence-corrected chi connectivity index (χ4v) is 3.39. The minimum absolute atomic E-state index is 0.199. The molecule has 1 aliphatic heterocycles. The van der Waals surface area contributed by atoms with Gasteiger partial charge in [0.05, 0.1) is 0 Å². The van der Waals surface area contributed by atoms with Crippen LogP contribution in [-0.4, -0.2) is 17.4 Å². The standard InChI is InChI=1S/C12H14BrNOS/c13-11-3-1-2-9(6-11)7-14-12(15)10-4-5-16-8-10/h1-3,6,10H,4-5,7-8H2,(H,14,15). The molecule has 0 aromatic heterocycles. The number of thioether (sulfide) groups is 1. The van der Waals surface area contributed by atoms with Crippen LogP contribution >= 0.6 is 27.7 Å². The van der Waals surface area contributed by atoms with Crippen LogP contribution in [0.4, 0.5) is 0 Å². The minimum atomic E-state index is 0.199. The predicted octanol–water partition coefficient (Wildman–Crippen LogP) is 2.82.